The zero-order valence-electron chi connectivity index (χ0n) is 12.0. The maximum absolute atomic E-state index is 12.2. The first kappa shape index (κ1) is 13.9. The van der Waals surface area contributed by atoms with E-state index in [-0.39, 0.29) is 0 Å². The molecule has 1 N–H and O–H groups in total. The minimum absolute atomic E-state index is 0.353. The van der Waals surface area contributed by atoms with E-state index in [1.54, 1.807) is 0 Å². The van der Waals surface area contributed by atoms with Crippen molar-refractivity contribution < 1.29 is 4.79 Å². The molecule has 2 fully saturated rings. The minimum atomic E-state index is 0.353. The third-order valence-electron chi connectivity index (χ3n) is 4.73. The van der Waals surface area contributed by atoms with Gasteiger partial charge in [0.1, 0.15) is 0 Å². The number of carbonyl (C=O) groups is 1. The summed E-state index contributed by atoms with van der Waals surface area (Å²) in [5, 5.41) is 3.60. The molecule has 0 atom stereocenters. The topological polar surface area (TPSA) is 32.3 Å². The van der Waals surface area contributed by atoms with Crippen molar-refractivity contribution in [3.8, 4) is 0 Å². The van der Waals surface area contributed by atoms with Gasteiger partial charge in [0.05, 0.1) is 0 Å². The molecule has 0 radical (unpaired) electrons. The molecular weight excluding hydrogens is 224 g/mol. The van der Waals surface area contributed by atoms with E-state index < -0.39 is 0 Å². The van der Waals surface area contributed by atoms with Crippen LogP contribution in [0.3, 0.4) is 0 Å². The average Bonchev–Trinajstić information content (AvgIpc) is 2.34. The first-order chi connectivity index (χ1) is 8.72. The molecule has 0 aromatic rings. The van der Waals surface area contributed by atoms with E-state index in [2.05, 4.69) is 17.1 Å². The molecule has 2 aliphatic carbocycles. The molecule has 2 saturated carbocycles. The lowest BCUT2D eigenvalue weighted by molar-refractivity contribution is -0.139. The molecule has 0 aromatic carbocycles. The summed E-state index contributed by atoms with van der Waals surface area (Å²) in [5.74, 6) is 0.761. The molecule has 0 aliphatic heterocycles. The fourth-order valence-electron chi connectivity index (χ4n) is 3.14. The van der Waals surface area contributed by atoms with E-state index in [4.69, 9.17) is 0 Å². The molecule has 3 nitrogen and oxygen atoms in total. The van der Waals surface area contributed by atoms with Gasteiger partial charge < -0.3 is 10.2 Å². The van der Waals surface area contributed by atoms with Gasteiger partial charge in [0.25, 0.3) is 0 Å². The van der Waals surface area contributed by atoms with Crippen LogP contribution in [0.2, 0.25) is 0 Å². The predicted octanol–water partition coefficient (Wildman–Crippen LogP) is 2.56. The quantitative estimate of drug-likeness (QED) is 0.815. The summed E-state index contributed by atoms with van der Waals surface area (Å²) in [5.41, 5.74) is 0. The highest BCUT2D eigenvalue weighted by Crippen LogP contribution is 2.30. The van der Waals surface area contributed by atoms with Crippen molar-refractivity contribution >= 4 is 5.91 Å². The zero-order valence-corrected chi connectivity index (χ0v) is 12.0. The van der Waals surface area contributed by atoms with Crippen molar-refractivity contribution in [3.63, 3.8) is 0 Å². The molecule has 1 amide bonds. The minimum Gasteiger partial charge on any atom is -0.343 e. The molecule has 0 heterocycles. The van der Waals surface area contributed by atoms with Crippen molar-refractivity contribution in [2.24, 2.45) is 5.92 Å². The lowest BCUT2D eigenvalue weighted by Crippen LogP contribution is -2.46. The summed E-state index contributed by atoms with van der Waals surface area (Å²) >= 11 is 0. The Labute approximate surface area is 111 Å². The van der Waals surface area contributed by atoms with Gasteiger partial charge in [-0.1, -0.05) is 13.3 Å². The lowest BCUT2D eigenvalue weighted by Gasteiger charge is -2.38. The van der Waals surface area contributed by atoms with Crippen LogP contribution < -0.4 is 5.32 Å². The second kappa shape index (κ2) is 6.55. The smallest absolute Gasteiger partial charge is 0.225 e. The summed E-state index contributed by atoms with van der Waals surface area (Å²) < 4.78 is 0. The maximum atomic E-state index is 12.2. The van der Waals surface area contributed by atoms with Crippen LogP contribution in [-0.4, -0.2) is 36.5 Å². The highest BCUT2D eigenvalue weighted by atomic mass is 16.2. The van der Waals surface area contributed by atoms with Crippen molar-refractivity contribution in [1.82, 2.24) is 10.2 Å². The molecule has 2 rings (SSSR count). The number of hydrogen-bond acceptors (Lipinski definition) is 2. The van der Waals surface area contributed by atoms with Gasteiger partial charge in [-0.2, -0.15) is 0 Å². The van der Waals surface area contributed by atoms with E-state index in [1.165, 1.54) is 38.5 Å². The molecule has 0 bridgehead atoms. The van der Waals surface area contributed by atoms with Gasteiger partial charge in [-0.3, -0.25) is 4.79 Å². The number of nitrogens with zero attached hydrogens (tertiary/aromatic N) is 1. The summed E-state index contributed by atoms with van der Waals surface area (Å²) in [6, 6.07) is 1.19. The van der Waals surface area contributed by atoms with Crippen LogP contribution in [0.25, 0.3) is 0 Å². The van der Waals surface area contributed by atoms with Crippen LogP contribution in [0.1, 0.15) is 58.3 Å². The Kier molecular flexibility index (Phi) is 5.04. The van der Waals surface area contributed by atoms with Gasteiger partial charge >= 0.3 is 0 Å². The Bertz CT molecular complexity index is 268. The summed E-state index contributed by atoms with van der Waals surface area (Å²) in [6.07, 6.45) is 9.51. The standard InChI is InChI=1S/C15H28N2O/c1-3-11-16-13-7-9-14(10-8-13)17(2)15(18)12-5-4-6-12/h12-14,16H,3-11H2,1-2H3. The third kappa shape index (κ3) is 3.25. The number of hydrogen-bond donors (Lipinski definition) is 1. The zero-order chi connectivity index (χ0) is 13.0. The molecule has 0 saturated heterocycles. The van der Waals surface area contributed by atoms with Crippen molar-refractivity contribution in [3.05, 3.63) is 0 Å². The Morgan fingerprint density at radius 3 is 2.33 bits per heavy atom. The van der Waals surface area contributed by atoms with Crippen LogP contribution in [0.15, 0.2) is 0 Å². The second-order valence-electron chi connectivity index (χ2n) is 6.04. The highest BCUT2D eigenvalue weighted by molar-refractivity contribution is 5.79. The van der Waals surface area contributed by atoms with Gasteiger partial charge in [-0.15, -0.1) is 0 Å². The van der Waals surface area contributed by atoms with Gasteiger partial charge in [0.2, 0.25) is 5.91 Å². The fraction of sp³-hybridized carbons (Fsp3) is 0.933. The third-order valence-corrected chi connectivity index (χ3v) is 4.73. The average molecular weight is 252 g/mol. The summed E-state index contributed by atoms with van der Waals surface area (Å²) in [6.45, 7) is 3.34. The summed E-state index contributed by atoms with van der Waals surface area (Å²) in [7, 11) is 2.02. The van der Waals surface area contributed by atoms with E-state index >= 15 is 0 Å². The van der Waals surface area contributed by atoms with Crippen LogP contribution >= 0.6 is 0 Å². The first-order valence-corrected chi connectivity index (χ1v) is 7.72. The molecular formula is C15H28N2O. The van der Waals surface area contributed by atoms with Crippen LogP contribution in [0.4, 0.5) is 0 Å². The Morgan fingerprint density at radius 1 is 1.17 bits per heavy atom. The molecule has 3 heteroatoms. The van der Waals surface area contributed by atoms with Gasteiger partial charge in [0, 0.05) is 25.0 Å². The monoisotopic (exact) mass is 252 g/mol. The van der Waals surface area contributed by atoms with Gasteiger partial charge in [0.15, 0.2) is 0 Å². The number of nitrogens with one attached hydrogen (secondary N) is 1. The molecule has 0 unspecified atom stereocenters. The molecule has 0 aromatic heterocycles. The van der Waals surface area contributed by atoms with E-state index in [0.717, 1.165) is 19.4 Å². The molecule has 2 aliphatic rings. The van der Waals surface area contributed by atoms with Crippen molar-refractivity contribution in [2.45, 2.75) is 70.4 Å². The van der Waals surface area contributed by atoms with Crippen LogP contribution in [-0.2, 0) is 4.79 Å². The van der Waals surface area contributed by atoms with Gasteiger partial charge in [-0.25, -0.2) is 0 Å². The Morgan fingerprint density at radius 2 is 1.83 bits per heavy atom. The number of amides is 1. The van der Waals surface area contributed by atoms with Crippen molar-refractivity contribution in [1.29, 1.82) is 0 Å². The first-order valence-electron chi connectivity index (χ1n) is 7.72. The van der Waals surface area contributed by atoms with Crippen LogP contribution in [0.5, 0.6) is 0 Å². The van der Waals surface area contributed by atoms with Gasteiger partial charge in [-0.05, 0) is 51.5 Å². The van der Waals surface area contributed by atoms with E-state index in [9.17, 15) is 4.79 Å². The number of rotatable bonds is 5. The predicted molar refractivity (Wildman–Crippen MR) is 74.4 cm³/mol. The maximum Gasteiger partial charge on any atom is 0.225 e. The Hall–Kier alpha value is -0.570. The normalized spacial score (nSPS) is 28.8. The SMILES string of the molecule is CCCNC1CCC(N(C)C(=O)C2CCC2)CC1. The van der Waals surface area contributed by atoms with Crippen LogP contribution in [0, 0.1) is 5.92 Å². The second-order valence-corrected chi connectivity index (χ2v) is 6.04. The van der Waals surface area contributed by atoms with Crippen molar-refractivity contribution in [2.75, 3.05) is 13.6 Å². The fourth-order valence-corrected chi connectivity index (χ4v) is 3.14. The van der Waals surface area contributed by atoms with E-state index in [0.29, 0.717) is 23.9 Å². The molecule has 0 spiro atoms. The molecule has 18 heavy (non-hydrogen) atoms. The molecule has 104 valence electrons. The largest absolute Gasteiger partial charge is 0.343 e. The highest BCUT2D eigenvalue weighted by Gasteiger charge is 2.32. The van der Waals surface area contributed by atoms with E-state index in [1.807, 2.05) is 7.05 Å². The summed E-state index contributed by atoms with van der Waals surface area (Å²) in [4.78, 5) is 14.2. The lowest BCUT2D eigenvalue weighted by atomic mass is 9.83. The number of carbonyl (C=O) groups excluding carboxylic acids is 1. The Balaban J connectivity index is 1.72.